The molecule has 3 rings (SSSR count). The van der Waals surface area contributed by atoms with Gasteiger partial charge in [-0.15, -0.1) is 0 Å². The summed E-state index contributed by atoms with van der Waals surface area (Å²) in [7, 11) is 1.50. The molecule has 0 aromatic heterocycles. The SMILES string of the molecule is COc1ccc(Oc2c(Cl)ccc3c2C=CC(C(F)(F)F)O3)c(Cl)c1. The van der Waals surface area contributed by atoms with Crippen LogP contribution in [0.2, 0.25) is 10.0 Å². The topological polar surface area (TPSA) is 27.7 Å². The minimum atomic E-state index is -4.51. The second kappa shape index (κ2) is 6.69. The van der Waals surface area contributed by atoms with Gasteiger partial charge in [-0.3, -0.25) is 0 Å². The highest BCUT2D eigenvalue weighted by atomic mass is 35.5. The minimum absolute atomic E-state index is 0.0221. The lowest BCUT2D eigenvalue weighted by Gasteiger charge is -2.25. The zero-order valence-electron chi connectivity index (χ0n) is 12.7. The highest BCUT2D eigenvalue weighted by Gasteiger charge is 2.42. The number of ether oxygens (including phenoxy) is 3. The van der Waals surface area contributed by atoms with Gasteiger partial charge in [-0.2, -0.15) is 13.2 Å². The summed E-state index contributed by atoms with van der Waals surface area (Å²) in [4.78, 5) is 0. The van der Waals surface area contributed by atoms with E-state index in [1.54, 1.807) is 18.2 Å². The van der Waals surface area contributed by atoms with Crippen LogP contribution in [0.5, 0.6) is 23.0 Å². The van der Waals surface area contributed by atoms with Crippen molar-refractivity contribution in [1.82, 2.24) is 0 Å². The average Bonchev–Trinajstić information content (AvgIpc) is 2.57. The Morgan fingerprint density at radius 2 is 1.84 bits per heavy atom. The van der Waals surface area contributed by atoms with E-state index in [1.807, 2.05) is 0 Å². The van der Waals surface area contributed by atoms with Gasteiger partial charge >= 0.3 is 6.18 Å². The quantitative estimate of drug-likeness (QED) is 0.630. The van der Waals surface area contributed by atoms with E-state index >= 15 is 0 Å². The molecule has 1 unspecified atom stereocenters. The van der Waals surface area contributed by atoms with Crippen LogP contribution in [0, 0.1) is 0 Å². The molecule has 0 saturated heterocycles. The van der Waals surface area contributed by atoms with Gasteiger partial charge < -0.3 is 14.2 Å². The molecule has 0 fully saturated rings. The Labute approximate surface area is 151 Å². The molecule has 2 aromatic carbocycles. The monoisotopic (exact) mass is 390 g/mol. The molecule has 1 heterocycles. The van der Waals surface area contributed by atoms with Crippen LogP contribution < -0.4 is 14.2 Å². The van der Waals surface area contributed by atoms with Gasteiger partial charge in [0, 0.05) is 6.07 Å². The average molecular weight is 391 g/mol. The molecule has 3 nitrogen and oxygen atoms in total. The van der Waals surface area contributed by atoms with Crippen LogP contribution in [-0.2, 0) is 0 Å². The van der Waals surface area contributed by atoms with E-state index in [1.165, 1.54) is 25.3 Å². The third-order valence-electron chi connectivity index (χ3n) is 3.47. The van der Waals surface area contributed by atoms with Gasteiger partial charge in [-0.25, -0.2) is 0 Å². The van der Waals surface area contributed by atoms with E-state index in [2.05, 4.69) is 0 Å². The van der Waals surface area contributed by atoms with E-state index in [4.69, 9.17) is 37.4 Å². The van der Waals surface area contributed by atoms with E-state index in [-0.39, 0.29) is 27.3 Å². The van der Waals surface area contributed by atoms with Crippen molar-refractivity contribution in [3.8, 4) is 23.0 Å². The normalized spacial score (nSPS) is 16.2. The third kappa shape index (κ3) is 3.65. The van der Waals surface area contributed by atoms with Gasteiger partial charge in [-0.1, -0.05) is 23.2 Å². The highest BCUT2D eigenvalue weighted by Crippen LogP contribution is 2.44. The van der Waals surface area contributed by atoms with Crippen LogP contribution in [0.25, 0.3) is 6.08 Å². The fourth-order valence-electron chi connectivity index (χ4n) is 2.26. The minimum Gasteiger partial charge on any atom is -0.497 e. The summed E-state index contributed by atoms with van der Waals surface area (Å²) < 4.78 is 54.2. The van der Waals surface area contributed by atoms with Gasteiger partial charge in [0.2, 0.25) is 6.10 Å². The fraction of sp³-hybridized carbons (Fsp3) is 0.176. The van der Waals surface area contributed by atoms with Gasteiger partial charge in [-0.05, 0) is 36.4 Å². The Morgan fingerprint density at radius 3 is 2.48 bits per heavy atom. The number of halogens is 5. The van der Waals surface area contributed by atoms with E-state index in [9.17, 15) is 13.2 Å². The number of benzene rings is 2. The summed E-state index contributed by atoms with van der Waals surface area (Å²) in [5.74, 6) is 0.996. The maximum absolute atomic E-state index is 12.8. The molecular formula is C17H11Cl2F3O3. The van der Waals surface area contributed by atoms with E-state index in [0.717, 1.165) is 6.08 Å². The molecule has 0 N–H and O–H groups in total. The summed E-state index contributed by atoms with van der Waals surface area (Å²) in [6.45, 7) is 0. The number of hydrogen-bond acceptors (Lipinski definition) is 3. The predicted molar refractivity (Wildman–Crippen MR) is 89.0 cm³/mol. The number of fused-ring (bicyclic) bond motifs is 1. The lowest BCUT2D eigenvalue weighted by atomic mass is 10.1. The first-order valence-electron chi connectivity index (χ1n) is 7.05. The Morgan fingerprint density at radius 1 is 1.08 bits per heavy atom. The Kier molecular flexibility index (Phi) is 4.75. The molecule has 1 aliphatic rings. The molecule has 1 aliphatic heterocycles. The number of methoxy groups -OCH3 is 1. The predicted octanol–water partition coefficient (Wildman–Crippen LogP) is 6.13. The van der Waals surface area contributed by atoms with Crippen LogP contribution in [-0.4, -0.2) is 19.4 Å². The molecule has 0 radical (unpaired) electrons. The highest BCUT2D eigenvalue weighted by molar-refractivity contribution is 6.33. The summed E-state index contributed by atoms with van der Waals surface area (Å²) in [5.41, 5.74) is 0.305. The van der Waals surface area contributed by atoms with Crippen LogP contribution >= 0.6 is 23.2 Å². The smallest absolute Gasteiger partial charge is 0.429 e. The van der Waals surface area contributed by atoms with Crippen molar-refractivity contribution in [1.29, 1.82) is 0 Å². The third-order valence-corrected chi connectivity index (χ3v) is 4.07. The lowest BCUT2D eigenvalue weighted by Crippen LogP contribution is -2.33. The maximum atomic E-state index is 12.8. The van der Waals surface area contributed by atoms with Gasteiger partial charge in [0.1, 0.15) is 17.2 Å². The van der Waals surface area contributed by atoms with Crippen LogP contribution in [0.15, 0.2) is 36.4 Å². The van der Waals surface area contributed by atoms with Gasteiger partial charge in [0.15, 0.2) is 5.75 Å². The fourth-order valence-corrected chi connectivity index (χ4v) is 2.67. The van der Waals surface area contributed by atoms with Crippen molar-refractivity contribution in [2.75, 3.05) is 7.11 Å². The van der Waals surface area contributed by atoms with Crippen molar-refractivity contribution < 1.29 is 27.4 Å². The van der Waals surface area contributed by atoms with E-state index in [0.29, 0.717) is 11.3 Å². The molecule has 0 aliphatic carbocycles. The second-order valence-electron chi connectivity index (χ2n) is 5.13. The summed E-state index contributed by atoms with van der Waals surface area (Å²) >= 11 is 12.3. The number of alkyl halides is 3. The lowest BCUT2D eigenvalue weighted by molar-refractivity contribution is -0.180. The Balaban J connectivity index is 1.97. The number of hydrogen-bond donors (Lipinski definition) is 0. The summed E-state index contributed by atoms with van der Waals surface area (Å²) in [5, 5.41) is 0.478. The van der Waals surface area contributed by atoms with Gasteiger partial charge in [0.25, 0.3) is 0 Å². The summed E-state index contributed by atoms with van der Waals surface area (Å²) in [6.07, 6.45) is -4.34. The molecule has 0 spiro atoms. The largest absolute Gasteiger partial charge is 0.497 e. The molecule has 8 heteroatoms. The van der Waals surface area contributed by atoms with Crippen molar-refractivity contribution in [3.63, 3.8) is 0 Å². The molecule has 0 bridgehead atoms. The molecule has 25 heavy (non-hydrogen) atoms. The molecule has 1 atom stereocenters. The summed E-state index contributed by atoms with van der Waals surface area (Å²) in [6, 6.07) is 7.52. The molecule has 0 amide bonds. The van der Waals surface area contributed by atoms with Crippen molar-refractivity contribution in [3.05, 3.63) is 52.0 Å². The van der Waals surface area contributed by atoms with Crippen molar-refractivity contribution in [2.45, 2.75) is 12.3 Å². The number of rotatable bonds is 3. The van der Waals surface area contributed by atoms with Crippen molar-refractivity contribution >= 4 is 29.3 Å². The first-order chi connectivity index (χ1) is 11.8. The molecular weight excluding hydrogens is 380 g/mol. The van der Waals surface area contributed by atoms with Crippen LogP contribution in [0.4, 0.5) is 13.2 Å². The van der Waals surface area contributed by atoms with E-state index < -0.39 is 12.3 Å². The standard InChI is InChI=1S/C17H11Cl2F3O3/c1-23-9-2-5-14(12(19)8-9)25-16-10-3-7-15(17(20,21)22)24-13(10)6-4-11(16)18/h2-8,15H,1H3. The first kappa shape index (κ1) is 17.8. The Hall–Kier alpha value is -2.05. The van der Waals surface area contributed by atoms with Crippen LogP contribution in [0.3, 0.4) is 0 Å². The van der Waals surface area contributed by atoms with Gasteiger partial charge in [0.05, 0.1) is 22.7 Å². The second-order valence-corrected chi connectivity index (χ2v) is 5.94. The Bertz CT molecular complexity index is 835. The molecule has 132 valence electrons. The molecule has 2 aromatic rings. The first-order valence-corrected chi connectivity index (χ1v) is 7.80. The van der Waals surface area contributed by atoms with Crippen molar-refractivity contribution in [2.24, 2.45) is 0 Å². The zero-order chi connectivity index (χ0) is 18.2. The van der Waals surface area contributed by atoms with Crippen LogP contribution in [0.1, 0.15) is 5.56 Å². The molecule has 0 saturated carbocycles. The maximum Gasteiger partial charge on any atom is 0.429 e. The zero-order valence-corrected chi connectivity index (χ0v) is 14.2.